The zero-order valence-corrected chi connectivity index (χ0v) is 25.7. The maximum absolute atomic E-state index is 6.32. The van der Waals surface area contributed by atoms with Crippen LogP contribution < -0.4 is 4.74 Å². The van der Waals surface area contributed by atoms with Gasteiger partial charge in [0.1, 0.15) is 11.6 Å². The average molecular weight is 535 g/mol. The number of aromatic nitrogens is 2. The van der Waals surface area contributed by atoms with Crippen LogP contribution in [0, 0.1) is 18.8 Å². The Morgan fingerprint density at radius 2 is 1.23 bits per heavy atom. The molecule has 0 unspecified atom stereocenters. The molecule has 1 aliphatic rings. The lowest BCUT2D eigenvalue weighted by atomic mass is 9.80. The van der Waals surface area contributed by atoms with Crippen molar-refractivity contribution in [1.82, 2.24) is 9.97 Å². The van der Waals surface area contributed by atoms with Crippen molar-refractivity contribution in [2.75, 3.05) is 6.61 Å². The number of aryl methyl sites for hydroxylation is 2. The quantitative estimate of drug-likeness (QED) is 0.158. The molecule has 0 bridgehead atoms. The molecule has 0 saturated heterocycles. The van der Waals surface area contributed by atoms with Crippen molar-refractivity contribution in [2.24, 2.45) is 11.8 Å². The summed E-state index contributed by atoms with van der Waals surface area (Å²) in [5.41, 5.74) is 3.47. The third-order valence-corrected chi connectivity index (χ3v) is 8.87. The number of ether oxygens (including phenoxy) is 1. The van der Waals surface area contributed by atoms with E-state index in [1.54, 1.807) is 0 Å². The molecule has 2 aromatic rings. The topological polar surface area (TPSA) is 35.0 Å². The maximum atomic E-state index is 6.32. The van der Waals surface area contributed by atoms with E-state index in [2.05, 4.69) is 48.9 Å². The van der Waals surface area contributed by atoms with E-state index in [9.17, 15) is 0 Å². The van der Waals surface area contributed by atoms with Crippen molar-refractivity contribution >= 4 is 0 Å². The van der Waals surface area contributed by atoms with Crippen LogP contribution in [-0.2, 0) is 6.42 Å². The average Bonchev–Trinajstić information content (AvgIpc) is 2.96. The largest absolute Gasteiger partial charge is 0.493 e. The van der Waals surface area contributed by atoms with Crippen molar-refractivity contribution in [3.8, 4) is 16.9 Å². The molecule has 0 radical (unpaired) electrons. The Morgan fingerprint density at radius 1 is 0.667 bits per heavy atom. The highest BCUT2D eigenvalue weighted by Gasteiger charge is 2.21. The lowest BCUT2D eigenvalue weighted by molar-refractivity contribution is 0.177. The lowest BCUT2D eigenvalue weighted by Gasteiger charge is -2.28. The second-order valence-corrected chi connectivity index (χ2v) is 12.3. The summed E-state index contributed by atoms with van der Waals surface area (Å²) in [5.74, 6) is 3.68. The van der Waals surface area contributed by atoms with Gasteiger partial charge in [-0.15, -0.1) is 0 Å². The van der Waals surface area contributed by atoms with Gasteiger partial charge in [-0.1, -0.05) is 123 Å². The predicted molar refractivity (Wildman–Crippen MR) is 167 cm³/mol. The Kier molecular flexibility index (Phi) is 15.6. The van der Waals surface area contributed by atoms with E-state index in [4.69, 9.17) is 4.74 Å². The molecule has 0 aliphatic heterocycles. The Balaban J connectivity index is 1.32. The molecule has 0 N–H and O–H groups in total. The van der Waals surface area contributed by atoms with Crippen LogP contribution >= 0.6 is 0 Å². The van der Waals surface area contributed by atoms with E-state index in [1.807, 2.05) is 12.4 Å². The Labute approximate surface area is 241 Å². The standard InChI is InChI=1S/C36H58N2O/c1-4-6-8-10-12-14-16-18-31-20-22-32(23-21-31)29-39-35-25-24-33(26-30(35)3)34-27-37-36(38-28-34)19-17-15-13-11-9-7-5-2/h24-28,31-32H,4-23,29H2,1-3H3. The molecule has 1 aromatic carbocycles. The summed E-state index contributed by atoms with van der Waals surface area (Å²) in [4.78, 5) is 9.31. The fourth-order valence-electron chi connectivity index (χ4n) is 6.15. The summed E-state index contributed by atoms with van der Waals surface area (Å²) in [7, 11) is 0. The second-order valence-electron chi connectivity index (χ2n) is 12.3. The third kappa shape index (κ3) is 12.4. The zero-order valence-electron chi connectivity index (χ0n) is 25.7. The molecule has 1 heterocycles. The molecule has 0 amide bonds. The Hall–Kier alpha value is -1.90. The van der Waals surface area contributed by atoms with Gasteiger partial charge in [0.15, 0.2) is 0 Å². The molecule has 3 heteroatoms. The second kappa shape index (κ2) is 19.2. The molecule has 3 nitrogen and oxygen atoms in total. The van der Waals surface area contributed by atoms with Gasteiger partial charge in [-0.3, -0.25) is 0 Å². The van der Waals surface area contributed by atoms with Crippen LogP contribution in [0.2, 0.25) is 0 Å². The van der Waals surface area contributed by atoms with Crippen molar-refractivity contribution in [1.29, 1.82) is 0 Å². The van der Waals surface area contributed by atoms with Crippen LogP contribution in [0.25, 0.3) is 11.1 Å². The lowest BCUT2D eigenvalue weighted by Crippen LogP contribution is -2.20. The van der Waals surface area contributed by atoms with Crippen LogP contribution in [0.3, 0.4) is 0 Å². The van der Waals surface area contributed by atoms with Gasteiger partial charge >= 0.3 is 0 Å². The minimum absolute atomic E-state index is 0.714. The first-order valence-electron chi connectivity index (χ1n) is 16.7. The minimum atomic E-state index is 0.714. The molecule has 1 fully saturated rings. The van der Waals surface area contributed by atoms with Gasteiger partial charge in [-0.2, -0.15) is 0 Å². The van der Waals surface area contributed by atoms with Crippen molar-refractivity contribution in [2.45, 2.75) is 149 Å². The van der Waals surface area contributed by atoms with Gasteiger partial charge in [0.05, 0.1) is 6.61 Å². The van der Waals surface area contributed by atoms with E-state index < -0.39 is 0 Å². The monoisotopic (exact) mass is 534 g/mol. The fraction of sp³-hybridized carbons (Fsp3) is 0.722. The van der Waals surface area contributed by atoms with Crippen LogP contribution in [0.15, 0.2) is 30.6 Å². The molecule has 218 valence electrons. The van der Waals surface area contributed by atoms with Gasteiger partial charge in [0.2, 0.25) is 0 Å². The van der Waals surface area contributed by atoms with Crippen LogP contribution in [-0.4, -0.2) is 16.6 Å². The van der Waals surface area contributed by atoms with Gasteiger partial charge < -0.3 is 4.74 Å². The molecular formula is C36H58N2O. The highest BCUT2D eigenvalue weighted by molar-refractivity contribution is 5.64. The smallest absolute Gasteiger partial charge is 0.128 e. The molecular weight excluding hydrogens is 476 g/mol. The Morgan fingerprint density at radius 3 is 1.85 bits per heavy atom. The van der Waals surface area contributed by atoms with Gasteiger partial charge in [-0.25, -0.2) is 9.97 Å². The number of nitrogens with zero attached hydrogens (tertiary/aromatic N) is 2. The molecule has 0 spiro atoms. The van der Waals surface area contributed by atoms with Crippen LogP contribution in [0.4, 0.5) is 0 Å². The van der Waals surface area contributed by atoms with Gasteiger partial charge in [0, 0.05) is 24.4 Å². The minimum Gasteiger partial charge on any atom is -0.493 e. The van der Waals surface area contributed by atoms with E-state index in [0.717, 1.165) is 36.1 Å². The number of benzene rings is 1. The van der Waals surface area contributed by atoms with Crippen molar-refractivity contribution < 1.29 is 4.74 Å². The normalized spacial score (nSPS) is 17.4. The molecule has 1 saturated carbocycles. The maximum Gasteiger partial charge on any atom is 0.128 e. The molecule has 1 aromatic heterocycles. The third-order valence-electron chi connectivity index (χ3n) is 8.87. The van der Waals surface area contributed by atoms with Gasteiger partial charge in [-0.05, 0) is 61.3 Å². The molecule has 1 aliphatic carbocycles. The van der Waals surface area contributed by atoms with Gasteiger partial charge in [0.25, 0.3) is 0 Å². The van der Waals surface area contributed by atoms with Crippen LogP contribution in [0.5, 0.6) is 5.75 Å². The summed E-state index contributed by atoms with van der Waals surface area (Å²) in [6.45, 7) is 7.59. The number of unbranched alkanes of at least 4 members (excludes halogenated alkanes) is 12. The highest BCUT2D eigenvalue weighted by Crippen LogP contribution is 2.33. The Bertz CT molecular complexity index is 885. The van der Waals surface area contributed by atoms with Crippen molar-refractivity contribution in [3.05, 3.63) is 42.0 Å². The number of hydrogen-bond donors (Lipinski definition) is 0. The zero-order chi connectivity index (χ0) is 27.5. The summed E-state index contributed by atoms with van der Waals surface area (Å²) < 4.78 is 6.32. The summed E-state index contributed by atoms with van der Waals surface area (Å²) in [5, 5.41) is 0. The molecule has 3 rings (SSSR count). The first kappa shape index (κ1) is 31.6. The summed E-state index contributed by atoms with van der Waals surface area (Å²) in [6, 6.07) is 6.53. The van der Waals surface area contributed by atoms with E-state index >= 15 is 0 Å². The fourth-order valence-corrected chi connectivity index (χ4v) is 6.15. The van der Waals surface area contributed by atoms with E-state index in [1.165, 1.54) is 133 Å². The van der Waals surface area contributed by atoms with Crippen LogP contribution in [0.1, 0.15) is 147 Å². The van der Waals surface area contributed by atoms with E-state index in [0.29, 0.717) is 5.92 Å². The van der Waals surface area contributed by atoms with Crippen molar-refractivity contribution in [3.63, 3.8) is 0 Å². The number of hydrogen-bond acceptors (Lipinski definition) is 3. The first-order valence-corrected chi connectivity index (χ1v) is 16.7. The first-order chi connectivity index (χ1) is 19.2. The summed E-state index contributed by atoms with van der Waals surface area (Å²) >= 11 is 0. The highest BCUT2D eigenvalue weighted by atomic mass is 16.5. The van der Waals surface area contributed by atoms with E-state index in [-0.39, 0.29) is 0 Å². The molecule has 39 heavy (non-hydrogen) atoms. The molecule has 0 atom stereocenters. The predicted octanol–water partition coefficient (Wildman–Crippen LogP) is 11.1. The SMILES string of the molecule is CCCCCCCCCc1ncc(-c2ccc(OCC3CCC(CCCCCCCCC)CC3)c(C)c2)cn1. The summed E-state index contributed by atoms with van der Waals surface area (Å²) in [6.07, 6.45) is 31.1. The number of rotatable bonds is 20.